The van der Waals surface area contributed by atoms with Crippen molar-refractivity contribution in [2.24, 2.45) is 11.0 Å². The van der Waals surface area contributed by atoms with Gasteiger partial charge in [0.1, 0.15) is 23.3 Å². The van der Waals surface area contributed by atoms with Crippen molar-refractivity contribution in [1.82, 2.24) is 39.6 Å². The van der Waals surface area contributed by atoms with Crippen LogP contribution in [0.3, 0.4) is 0 Å². The number of carbonyl (C=O) groups excluding carboxylic acids is 3. The molecule has 2 aromatic carbocycles. The van der Waals surface area contributed by atoms with E-state index in [9.17, 15) is 54.0 Å². The lowest BCUT2D eigenvalue weighted by molar-refractivity contribution is -0.143. The van der Waals surface area contributed by atoms with E-state index in [4.69, 9.17) is 14.6 Å². The highest BCUT2D eigenvalue weighted by Crippen LogP contribution is 2.46. The number of ether oxygens (including phenoxy) is 2. The molecule has 2 atom stereocenters. The maximum Gasteiger partial charge on any atom is 0.326 e. The third-order valence-corrected chi connectivity index (χ3v) is 15.0. The highest BCUT2D eigenvalue weighted by molar-refractivity contribution is 6.40. The molecule has 1 aliphatic carbocycles. The molecule has 432 valence electrons. The van der Waals surface area contributed by atoms with E-state index in [-0.39, 0.29) is 75.1 Å². The summed E-state index contributed by atoms with van der Waals surface area (Å²) in [6, 6.07) is 9.31. The number of carboxylic acid groups (broad SMARTS) is 4. The smallest absolute Gasteiger partial charge is 0.326 e. The number of likely N-dealkylation sites (N-methyl/N-ethyl adjacent to an activating group) is 1. The first kappa shape index (κ1) is 62.4. The number of aliphatic carboxylic acids is 4. The minimum Gasteiger partial charge on any atom is -0.496 e. The summed E-state index contributed by atoms with van der Waals surface area (Å²) in [5.74, 6) is -4.14. The van der Waals surface area contributed by atoms with Gasteiger partial charge in [-0.15, -0.1) is 0 Å². The summed E-state index contributed by atoms with van der Waals surface area (Å²) in [5.41, 5.74) is 2.83. The largest absolute Gasteiger partial charge is 0.496 e. The zero-order valence-corrected chi connectivity index (χ0v) is 46.7. The number of rotatable bonds is 26. The molecule has 0 aromatic heterocycles. The molecule has 2 fully saturated rings. The molecular weight excluding hydrogens is 1010 g/mol. The fourth-order valence-electron chi connectivity index (χ4n) is 10.5. The molecule has 1 saturated heterocycles. The van der Waals surface area contributed by atoms with Crippen LogP contribution in [0.1, 0.15) is 98.7 Å². The van der Waals surface area contributed by atoms with Gasteiger partial charge in [0.25, 0.3) is 11.8 Å². The molecule has 5 rings (SSSR count). The van der Waals surface area contributed by atoms with Crippen LogP contribution in [0.4, 0.5) is 5.69 Å². The van der Waals surface area contributed by atoms with Gasteiger partial charge in [0.2, 0.25) is 5.91 Å². The van der Waals surface area contributed by atoms with E-state index in [1.54, 1.807) is 63.9 Å². The summed E-state index contributed by atoms with van der Waals surface area (Å²) >= 11 is 0. The first-order valence-corrected chi connectivity index (χ1v) is 27.2. The van der Waals surface area contributed by atoms with Crippen molar-refractivity contribution in [1.29, 1.82) is 0 Å². The average Bonchev–Trinajstić information content (AvgIpc) is 3.94. The lowest BCUT2D eigenvalue weighted by atomic mass is 9.84. The molecule has 23 nitrogen and oxygen atoms in total. The Kier molecular flexibility index (Phi) is 24.6. The number of nitrogens with one attached hydrogen (secondary N) is 1. The molecule has 2 unspecified atom stereocenters. The van der Waals surface area contributed by atoms with Crippen molar-refractivity contribution in [3.8, 4) is 11.5 Å². The Morgan fingerprint density at radius 3 is 1.62 bits per heavy atom. The van der Waals surface area contributed by atoms with Gasteiger partial charge < -0.3 is 49.9 Å². The second-order valence-corrected chi connectivity index (χ2v) is 21.1. The molecule has 23 heteroatoms. The number of amides is 3. The maximum atomic E-state index is 14.0. The Labute approximate surface area is 458 Å². The number of anilines is 1. The zero-order valence-electron chi connectivity index (χ0n) is 46.7. The van der Waals surface area contributed by atoms with Crippen LogP contribution in [0.25, 0.3) is 0 Å². The molecular formula is C55H84N10O13. The van der Waals surface area contributed by atoms with Crippen LogP contribution in [0.15, 0.2) is 41.5 Å². The lowest BCUT2D eigenvalue weighted by Gasteiger charge is -2.33. The average molecular weight is 1090 g/mol. The van der Waals surface area contributed by atoms with E-state index in [0.29, 0.717) is 107 Å². The molecule has 3 aliphatic rings. The van der Waals surface area contributed by atoms with E-state index >= 15 is 0 Å². The SMILES string of the molecule is COc1cccc(OC)c1C1CC(C(=O)NC(C(=O)O)C2CCCCC2)=NN1c1ccc(C(=O)N(C)CCCN(C)CCCN(C)C(=O)CN2CCN(CC(=O)O)CCN(CC(=O)O)CCN(CC(=O)O)CC2)cc1C(C)C. The maximum absolute atomic E-state index is 14.0. The Morgan fingerprint density at radius 2 is 1.15 bits per heavy atom. The molecule has 2 aliphatic heterocycles. The molecule has 5 N–H and O–H groups in total. The Bertz CT molecular complexity index is 2350. The standard InChI is InChI=1S/C55H84N10O13/c1-38(2)41-32-40(18-19-43(41)65-44(51-45(77-6)16-11-17-46(51)78-7)33-42(57-65)53(73)56-52(55(75)76)39-14-9-8-10-15-39)54(74)60(5)23-13-21-58(3)20-12-22-59(4)47(66)34-61-24-26-62(35-48(67)68)28-30-64(37-50(71)72)31-29-63(27-25-61)36-49(69)70/h11,16-19,32,38-39,44,52H,8-10,12-15,20-31,33-37H2,1-7H3,(H,56,73)(H,67,68)(H,69,70)(H,71,72)(H,75,76). The van der Waals surface area contributed by atoms with Crippen LogP contribution in [0.2, 0.25) is 0 Å². The predicted molar refractivity (Wildman–Crippen MR) is 293 cm³/mol. The fourth-order valence-corrected chi connectivity index (χ4v) is 10.5. The van der Waals surface area contributed by atoms with Gasteiger partial charge >= 0.3 is 23.9 Å². The number of hydrazone groups is 1. The van der Waals surface area contributed by atoms with Gasteiger partial charge in [0, 0.05) is 91.5 Å². The first-order chi connectivity index (χ1) is 37.2. The van der Waals surface area contributed by atoms with Gasteiger partial charge in [-0.25, -0.2) is 4.79 Å². The summed E-state index contributed by atoms with van der Waals surface area (Å²) in [4.78, 5) is 102. The lowest BCUT2D eigenvalue weighted by Crippen LogP contribution is -2.50. The number of carbonyl (C=O) groups is 7. The van der Waals surface area contributed by atoms with Crippen LogP contribution in [-0.4, -0.2) is 248 Å². The van der Waals surface area contributed by atoms with Gasteiger partial charge in [-0.3, -0.25) is 53.4 Å². The third kappa shape index (κ3) is 18.6. The quantitative estimate of drug-likeness (QED) is 0.0906. The second-order valence-electron chi connectivity index (χ2n) is 21.1. The van der Waals surface area contributed by atoms with Crippen LogP contribution in [-0.2, 0) is 28.8 Å². The van der Waals surface area contributed by atoms with E-state index in [2.05, 4.69) is 10.2 Å². The van der Waals surface area contributed by atoms with Crippen molar-refractivity contribution in [2.75, 3.05) is 145 Å². The molecule has 1 saturated carbocycles. The third-order valence-electron chi connectivity index (χ3n) is 15.0. The number of carboxylic acids is 4. The van der Waals surface area contributed by atoms with Crippen molar-refractivity contribution >= 4 is 53.0 Å². The Hall–Kier alpha value is -6.40. The molecule has 0 spiro atoms. The summed E-state index contributed by atoms with van der Waals surface area (Å²) < 4.78 is 11.6. The van der Waals surface area contributed by atoms with Crippen molar-refractivity contribution < 1.29 is 63.5 Å². The highest BCUT2D eigenvalue weighted by atomic mass is 16.5. The summed E-state index contributed by atoms with van der Waals surface area (Å²) in [6.45, 7) is 8.21. The minimum atomic E-state index is -1.07. The first-order valence-electron chi connectivity index (χ1n) is 27.2. The predicted octanol–water partition coefficient (Wildman–Crippen LogP) is 3.00. The minimum absolute atomic E-state index is 0.0579. The van der Waals surface area contributed by atoms with Gasteiger partial charge in [-0.05, 0) is 93.6 Å². The Morgan fingerprint density at radius 1 is 0.667 bits per heavy atom. The van der Waals surface area contributed by atoms with Crippen LogP contribution < -0.4 is 19.8 Å². The van der Waals surface area contributed by atoms with Gasteiger partial charge in [0.15, 0.2) is 0 Å². The zero-order chi connectivity index (χ0) is 57.1. The molecule has 2 heterocycles. The molecule has 0 bridgehead atoms. The summed E-state index contributed by atoms with van der Waals surface area (Å²) in [6.07, 6.45) is 5.83. The Balaban J connectivity index is 1.18. The van der Waals surface area contributed by atoms with Crippen LogP contribution >= 0.6 is 0 Å². The topological polar surface area (TPSA) is 269 Å². The van der Waals surface area contributed by atoms with E-state index < -0.39 is 41.9 Å². The van der Waals surface area contributed by atoms with Gasteiger partial charge in [-0.2, -0.15) is 5.10 Å². The second kappa shape index (κ2) is 30.7. The summed E-state index contributed by atoms with van der Waals surface area (Å²) in [5, 5.41) is 48.3. The monoisotopic (exact) mass is 1090 g/mol. The number of hydrogen-bond acceptors (Lipinski definition) is 16. The number of benzene rings is 2. The van der Waals surface area contributed by atoms with Crippen LogP contribution in [0.5, 0.6) is 11.5 Å². The normalized spacial score (nSPS) is 18.1. The molecule has 0 radical (unpaired) electrons. The number of hydrogen-bond donors (Lipinski definition) is 5. The van der Waals surface area contributed by atoms with E-state index in [1.807, 2.05) is 56.1 Å². The molecule has 3 amide bonds. The van der Waals surface area contributed by atoms with Gasteiger partial charge in [0.05, 0.1) is 57.7 Å². The summed E-state index contributed by atoms with van der Waals surface area (Å²) in [7, 11) is 8.62. The van der Waals surface area contributed by atoms with Crippen LogP contribution in [0, 0.1) is 5.92 Å². The van der Waals surface area contributed by atoms with E-state index in [1.165, 1.54) is 0 Å². The van der Waals surface area contributed by atoms with E-state index in [0.717, 1.165) is 37.7 Å². The fraction of sp³-hybridized carbons (Fsp3) is 0.636. The number of methoxy groups -OCH3 is 2. The van der Waals surface area contributed by atoms with Crippen molar-refractivity contribution in [2.45, 2.75) is 83.2 Å². The molecule has 78 heavy (non-hydrogen) atoms. The van der Waals surface area contributed by atoms with Gasteiger partial charge in [-0.1, -0.05) is 39.2 Å². The number of nitrogens with zero attached hydrogens (tertiary/aromatic N) is 9. The molecule has 2 aromatic rings. The van der Waals surface area contributed by atoms with Crippen molar-refractivity contribution in [3.63, 3.8) is 0 Å². The van der Waals surface area contributed by atoms with Crippen molar-refractivity contribution in [3.05, 3.63) is 53.1 Å². The highest BCUT2D eigenvalue weighted by Gasteiger charge is 2.40.